The fourth-order valence-corrected chi connectivity index (χ4v) is 2.38. The molecule has 0 aliphatic carbocycles. The van der Waals surface area contributed by atoms with Crippen LogP contribution in [0.25, 0.3) is 0 Å². The van der Waals surface area contributed by atoms with Crippen LogP contribution in [0, 0.1) is 0 Å². The van der Waals surface area contributed by atoms with Crippen LogP contribution in [0.5, 0.6) is 0 Å². The van der Waals surface area contributed by atoms with Gasteiger partial charge in [-0.2, -0.15) is 0 Å². The molecular formula is C20H34O3. The zero-order chi connectivity index (χ0) is 17.9. The minimum absolute atomic E-state index is 0.0876. The third-order valence-electron chi connectivity index (χ3n) is 3.61. The number of carbonyl (C=O) groups excluding carboxylic acids is 1. The lowest BCUT2D eigenvalue weighted by molar-refractivity contribution is -0.122. The van der Waals surface area contributed by atoms with Gasteiger partial charge in [0, 0.05) is 12.8 Å². The van der Waals surface area contributed by atoms with Gasteiger partial charge in [-0.1, -0.05) is 34.9 Å². The first-order valence-corrected chi connectivity index (χ1v) is 8.46. The molecule has 0 aromatic carbocycles. The van der Waals surface area contributed by atoms with Crippen LogP contribution in [0.4, 0.5) is 0 Å². The maximum Gasteiger partial charge on any atom is 0.139 e. The van der Waals surface area contributed by atoms with E-state index in [2.05, 4.69) is 19.1 Å². The predicted molar refractivity (Wildman–Crippen MR) is 97.4 cm³/mol. The number of allylic oxidation sites excluding steroid dienone is 5. The van der Waals surface area contributed by atoms with Crippen LogP contribution in [0.15, 0.2) is 34.9 Å². The molecule has 0 aliphatic rings. The van der Waals surface area contributed by atoms with E-state index in [-0.39, 0.29) is 18.8 Å². The Morgan fingerprint density at radius 3 is 1.87 bits per heavy atom. The first kappa shape index (κ1) is 21.8. The van der Waals surface area contributed by atoms with Crippen LogP contribution in [-0.2, 0) is 4.79 Å². The lowest BCUT2D eigenvalue weighted by Crippen LogP contribution is -2.23. The third kappa shape index (κ3) is 14.2. The van der Waals surface area contributed by atoms with Crippen molar-refractivity contribution in [2.75, 3.05) is 6.61 Å². The summed E-state index contributed by atoms with van der Waals surface area (Å²) in [5.41, 5.74) is 2.74. The molecule has 0 spiro atoms. The first-order valence-electron chi connectivity index (χ1n) is 8.46. The van der Waals surface area contributed by atoms with E-state index < -0.39 is 5.60 Å². The maximum absolute atomic E-state index is 11.8. The van der Waals surface area contributed by atoms with Crippen molar-refractivity contribution in [3.8, 4) is 0 Å². The second-order valence-electron chi connectivity index (χ2n) is 7.12. The minimum atomic E-state index is -0.917. The zero-order valence-electron chi connectivity index (χ0n) is 15.5. The van der Waals surface area contributed by atoms with E-state index in [0.717, 1.165) is 31.3 Å². The van der Waals surface area contributed by atoms with Crippen molar-refractivity contribution < 1.29 is 15.0 Å². The van der Waals surface area contributed by atoms with Gasteiger partial charge in [0.15, 0.2) is 0 Å². The van der Waals surface area contributed by atoms with E-state index in [1.807, 2.05) is 19.9 Å². The van der Waals surface area contributed by atoms with Gasteiger partial charge in [0.1, 0.15) is 5.78 Å². The molecule has 2 N–H and O–H groups in total. The van der Waals surface area contributed by atoms with Gasteiger partial charge < -0.3 is 10.2 Å². The normalized spacial score (nSPS) is 14.3. The van der Waals surface area contributed by atoms with Crippen LogP contribution in [0.3, 0.4) is 0 Å². The molecule has 0 saturated carbocycles. The Bertz CT molecular complexity index is 448. The van der Waals surface area contributed by atoms with Crippen LogP contribution < -0.4 is 0 Å². The summed E-state index contributed by atoms with van der Waals surface area (Å²) < 4.78 is 0. The average molecular weight is 322 g/mol. The molecule has 0 aliphatic heterocycles. The van der Waals surface area contributed by atoms with Gasteiger partial charge in [-0.25, -0.2) is 0 Å². The van der Waals surface area contributed by atoms with Gasteiger partial charge in [-0.3, -0.25) is 4.79 Å². The van der Waals surface area contributed by atoms with Crippen LogP contribution in [-0.4, -0.2) is 28.2 Å². The number of rotatable bonds is 11. The molecule has 0 amide bonds. The Labute approximate surface area is 141 Å². The fourth-order valence-electron chi connectivity index (χ4n) is 2.38. The Morgan fingerprint density at radius 2 is 1.39 bits per heavy atom. The third-order valence-corrected chi connectivity index (χ3v) is 3.61. The lowest BCUT2D eigenvalue weighted by atomic mass is 9.97. The summed E-state index contributed by atoms with van der Waals surface area (Å²) in [6.07, 6.45) is 10.8. The number of hydrogen-bond donors (Lipinski definition) is 2. The van der Waals surface area contributed by atoms with Gasteiger partial charge in [0.25, 0.3) is 0 Å². The van der Waals surface area contributed by atoms with Crippen molar-refractivity contribution in [3.63, 3.8) is 0 Å². The summed E-state index contributed by atoms with van der Waals surface area (Å²) >= 11 is 0. The Kier molecular flexibility index (Phi) is 10.8. The molecule has 0 rings (SSSR count). The highest BCUT2D eigenvalue weighted by Gasteiger charge is 2.17. The van der Waals surface area contributed by atoms with Crippen molar-refractivity contribution >= 4 is 5.78 Å². The molecule has 0 saturated heterocycles. The molecule has 132 valence electrons. The molecule has 0 fully saturated rings. The molecule has 0 radical (unpaired) electrons. The summed E-state index contributed by atoms with van der Waals surface area (Å²) in [5.74, 6) is 0.0876. The highest BCUT2D eigenvalue weighted by Crippen LogP contribution is 2.15. The monoisotopic (exact) mass is 322 g/mol. The summed E-state index contributed by atoms with van der Waals surface area (Å²) in [5, 5.41) is 18.4. The number of aliphatic hydroxyl groups is 2. The van der Waals surface area contributed by atoms with E-state index in [1.165, 1.54) is 11.1 Å². The standard InChI is InChI=1S/C20H34O3/c1-16(8-6-10-17(2)12-13-21)9-7-11-18(3)14-19(22)15-20(4,5)23/h8,11-12,21,23H,6-7,9-10,13-15H2,1-5H3. The zero-order valence-corrected chi connectivity index (χ0v) is 15.5. The van der Waals surface area contributed by atoms with Crippen molar-refractivity contribution in [2.45, 2.75) is 78.7 Å². The largest absolute Gasteiger partial charge is 0.392 e. The van der Waals surface area contributed by atoms with Crippen molar-refractivity contribution in [2.24, 2.45) is 0 Å². The van der Waals surface area contributed by atoms with Gasteiger partial charge in [-0.05, 0) is 60.3 Å². The number of hydrogen-bond acceptors (Lipinski definition) is 3. The molecular weight excluding hydrogens is 288 g/mol. The van der Waals surface area contributed by atoms with Crippen LogP contribution >= 0.6 is 0 Å². The quantitative estimate of drug-likeness (QED) is 0.551. The Balaban J connectivity index is 4.11. The smallest absolute Gasteiger partial charge is 0.139 e. The highest BCUT2D eigenvalue weighted by atomic mass is 16.3. The molecule has 3 nitrogen and oxygen atoms in total. The summed E-state index contributed by atoms with van der Waals surface area (Å²) in [6.45, 7) is 9.59. The average Bonchev–Trinajstić information content (AvgIpc) is 2.36. The van der Waals surface area contributed by atoms with Crippen molar-refractivity contribution in [1.82, 2.24) is 0 Å². The van der Waals surface area contributed by atoms with E-state index in [1.54, 1.807) is 13.8 Å². The highest BCUT2D eigenvalue weighted by molar-refractivity contribution is 5.81. The number of aliphatic hydroxyl groups excluding tert-OH is 1. The maximum atomic E-state index is 11.8. The van der Waals surface area contributed by atoms with E-state index >= 15 is 0 Å². The van der Waals surface area contributed by atoms with E-state index in [0.29, 0.717) is 6.42 Å². The topological polar surface area (TPSA) is 57.5 Å². The van der Waals surface area contributed by atoms with E-state index in [4.69, 9.17) is 5.11 Å². The van der Waals surface area contributed by atoms with Crippen molar-refractivity contribution in [1.29, 1.82) is 0 Å². The van der Waals surface area contributed by atoms with Crippen LogP contribution in [0.2, 0.25) is 0 Å². The first-order chi connectivity index (χ1) is 10.6. The second kappa shape index (κ2) is 11.4. The minimum Gasteiger partial charge on any atom is -0.392 e. The number of ketones is 1. The van der Waals surface area contributed by atoms with Crippen molar-refractivity contribution in [3.05, 3.63) is 34.9 Å². The number of Topliss-reactive ketones (excluding diaryl/α,β-unsaturated/α-hetero) is 1. The SMILES string of the molecule is CC(=CCO)CCC=C(C)CCC=C(C)CC(=O)CC(C)(C)O. The van der Waals surface area contributed by atoms with Gasteiger partial charge in [-0.15, -0.1) is 0 Å². The molecule has 3 heteroatoms. The Morgan fingerprint density at radius 1 is 0.913 bits per heavy atom. The van der Waals surface area contributed by atoms with E-state index in [9.17, 15) is 9.90 Å². The summed E-state index contributed by atoms with van der Waals surface area (Å²) in [4.78, 5) is 11.8. The summed E-state index contributed by atoms with van der Waals surface area (Å²) in [6, 6.07) is 0. The molecule has 0 aromatic rings. The second-order valence-corrected chi connectivity index (χ2v) is 7.12. The molecule has 0 unspecified atom stereocenters. The van der Waals surface area contributed by atoms with Crippen LogP contribution in [0.1, 0.15) is 73.1 Å². The predicted octanol–water partition coefficient (Wildman–Crippen LogP) is 4.50. The summed E-state index contributed by atoms with van der Waals surface area (Å²) in [7, 11) is 0. The Hall–Kier alpha value is -1.19. The lowest BCUT2D eigenvalue weighted by Gasteiger charge is -2.15. The van der Waals surface area contributed by atoms with Gasteiger partial charge in [0.05, 0.1) is 12.2 Å². The number of carbonyl (C=O) groups is 1. The molecule has 0 heterocycles. The fraction of sp³-hybridized carbons (Fsp3) is 0.650. The van der Waals surface area contributed by atoms with Gasteiger partial charge >= 0.3 is 0 Å². The molecule has 0 atom stereocenters. The molecule has 0 aromatic heterocycles. The molecule has 23 heavy (non-hydrogen) atoms. The van der Waals surface area contributed by atoms with Gasteiger partial charge in [0.2, 0.25) is 0 Å². The molecule has 0 bridgehead atoms.